The molecule has 0 heterocycles. The van der Waals surface area contributed by atoms with E-state index in [1.54, 1.807) is 6.07 Å². The highest BCUT2D eigenvalue weighted by molar-refractivity contribution is 9.09. The fraction of sp³-hybridized carbons (Fsp3) is 0.571. The largest absolute Gasteiger partial charge is 0.207 e. The highest BCUT2D eigenvalue weighted by atomic mass is 79.9. The van der Waals surface area contributed by atoms with E-state index in [0.29, 0.717) is 0 Å². The molecule has 1 aromatic carbocycles. The summed E-state index contributed by atoms with van der Waals surface area (Å²) < 4.78 is 13.2. The molecule has 0 spiro atoms. The van der Waals surface area contributed by atoms with Gasteiger partial charge in [0, 0.05) is 5.33 Å². The maximum Gasteiger partial charge on any atom is 0.123 e. The van der Waals surface area contributed by atoms with E-state index in [-0.39, 0.29) is 11.2 Å². The lowest BCUT2D eigenvalue weighted by molar-refractivity contribution is 0.306. The monoisotopic (exact) mass is 286 g/mol. The third-order valence-corrected chi connectivity index (χ3v) is 4.85. The molecule has 0 saturated carbocycles. The highest BCUT2D eigenvalue weighted by Crippen LogP contribution is 2.34. The highest BCUT2D eigenvalue weighted by Gasteiger charge is 2.25. The molecule has 90 valence electrons. The fourth-order valence-corrected chi connectivity index (χ4v) is 2.96. The Morgan fingerprint density at radius 2 is 1.88 bits per heavy atom. The van der Waals surface area contributed by atoms with Crippen LogP contribution in [0.3, 0.4) is 0 Å². The molecule has 0 aliphatic carbocycles. The Labute approximate surface area is 106 Å². The zero-order valence-corrected chi connectivity index (χ0v) is 11.9. The second kappa shape index (κ2) is 5.81. The summed E-state index contributed by atoms with van der Waals surface area (Å²) in [7, 11) is 0. The Morgan fingerprint density at radius 1 is 1.25 bits per heavy atom. The molecule has 0 aliphatic rings. The van der Waals surface area contributed by atoms with Gasteiger partial charge in [-0.15, -0.1) is 0 Å². The molecule has 0 bridgehead atoms. The second-order valence-corrected chi connectivity index (χ2v) is 5.15. The number of rotatable bonds is 5. The number of hydrogen-bond acceptors (Lipinski definition) is 0. The first-order chi connectivity index (χ1) is 7.56. The van der Waals surface area contributed by atoms with Crippen molar-refractivity contribution in [1.29, 1.82) is 0 Å². The summed E-state index contributed by atoms with van der Waals surface area (Å²) in [6.07, 6.45) is 3.18. The van der Waals surface area contributed by atoms with E-state index in [4.69, 9.17) is 0 Å². The minimum Gasteiger partial charge on any atom is -0.207 e. The van der Waals surface area contributed by atoms with E-state index in [1.165, 1.54) is 11.6 Å². The topological polar surface area (TPSA) is 0 Å². The van der Waals surface area contributed by atoms with Gasteiger partial charge in [-0.1, -0.05) is 35.8 Å². The first kappa shape index (κ1) is 13.7. The van der Waals surface area contributed by atoms with E-state index >= 15 is 0 Å². The van der Waals surface area contributed by atoms with Crippen LogP contribution in [-0.4, -0.2) is 5.33 Å². The van der Waals surface area contributed by atoms with E-state index in [0.717, 1.165) is 30.2 Å². The van der Waals surface area contributed by atoms with Crippen LogP contribution in [0.5, 0.6) is 0 Å². The van der Waals surface area contributed by atoms with Gasteiger partial charge in [-0.05, 0) is 54.9 Å². The Morgan fingerprint density at radius 3 is 2.38 bits per heavy atom. The molecule has 0 aliphatic heterocycles. The molecule has 0 N–H and O–H groups in total. The summed E-state index contributed by atoms with van der Waals surface area (Å²) in [5, 5.41) is 0.975. The lowest BCUT2D eigenvalue weighted by atomic mass is 9.78. The molecule has 0 atom stereocenters. The van der Waals surface area contributed by atoms with E-state index in [1.807, 2.05) is 6.07 Å². The number of aryl methyl sites for hydroxylation is 1. The first-order valence-corrected chi connectivity index (χ1v) is 7.00. The predicted octanol–water partition coefficient (Wildman–Crippen LogP) is 4.88. The standard InChI is InChI=1S/C14H20BrF/c1-4-14(5-2,10-15)9-12-8-13(16)7-6-11(12)3/h6-8H,4-5,9-10H2,1-3H3. The van der Waals surface area contributed by atoms with Crippen LogP contribution in [0.4, 0.5) is 4.39 Å². The number of halogens is 2. The molecule has 0 aromatic heterocycles. The Hall–Kier alpha value is -0.370. The Balaban J connectivity index is 2.97. The summed E-state index contributed by atoms with van der Waals surface area (Å²) >= 11 is 3.60. The molecule has 0 saturated heterocycles. The van der Waals surface area contributed by atoms with Gasteiger partial charge in [0.15, 0.2) is 0 Å². The maximum absolute atomic E-state index is 13.2. The molecule has 1 aromatic rings. The lowest BCUT2D eigenvalue weighted by Crippen LogP contribution is -2.24. The van der Waals surface area contributed by atoms with Crippen molar-refractivity contribution in [3.63, 3.8) is 0 Å². The number of hydrogen-bond donors (Lipinski definition) is 0. The van der Waals surface area contributed by atoms with Gasteiger partial charge in [-0.2, -0.15) is 0 Å². The van der Waals surface area contributed by atoms with Gasteiger partial charge in [0.25, 0.3) is 0 Å². The molecule has 16 heavy (non-hydrogen) atoms. The molecule has 0 amide bonds. The van der Waals surface area contributed by atoms with Gasteiger partial charge in [0.2, 0.25) is 0 Å². The molecule has 2 heteroatoms. The van der Waals surface area contributed by atoms with Crippen LogP contribution in [0.2, 0.25) is 0 Å². The van der Waals surface area contributed by atoms with Crippen LogP contribution in [-0.2, 0) is 6.42 Å². The summed E-state index contributed by atoms with van der Waals surface area (Å²) in [5.74, 6) is -0.128. The molecule has 0 unspecified atom stereocenters. The summed E-state index contributed by atoms with van der Waals surface area (Å²) in [4.78, 5) is 0. The molecular formula is C14H20BrF. The van der Waals surface area contributed by atoms with Crippen molar-refractivity contribution in [1.82, 2.24) is 0 Å². The van der Waals surface area contributed by atoms with Crippen LogP contribution in [0.1, 0.15) is 37.8 Å². The normalized spacial score (nSPS) is 11.8. The SMILES string of the molecule is CCC(CC)(CBr)Cc1cc(F)ccc1C. The molecular weight excluding hydrogens is 267 g/mol. The van der Waals surface area contributed by atoms with Crippen LogP contribution in [0, 0.1) is 18.2 Å². The molecule has 0 fully saturated rings. The summed E-state index contributed by atoms with van der Waals surface area (Å²) in [6.45, 7) is 6.47. The van der Waals surface area contributed by atoms with E-state index in [2.05, 4.69) is 36.7 Å². The van der Waals surface area contributed by atoms with Crippen molar-refractivity contribution in [3.05, 3.63) is 35.1 Å². The number of benzene rings is 1. The quantitative estimate of drug-likeness (QED) is 0.677. The van der Waals surface area contributed by atoms with E-state index < -0.39 is 0 Å². The van der Waals surface area contributed by atoms with Crippen LogP contribution >= 0.6 is 15.9 Å². The maximum atomic E-state index is 13.2. The molecule has 1 rings (SSSR count). The smallest absolute Gasteiger partial charge is 0.123 e. The van der Waals surface area contributed by atoms with Gasteiger partial charge < -0.3 is 0 Å². The summed E-state index contributed by atoms with van der Waals surface area (Å²) in [5.41, 5.74) is 2.59. The van der Waals surface area contributed by atoms with Gasteiger partial charge >= 0.3 is 0 Å². The minimum absolute atomic E-state index is 0.128. The van der Waals surface area contributed by atoms with Crippen molar-refractivity contribution in [2.75, 3.05) is 5.33 Å². The van der Waals surface area contributed by atoms with Crippen molar-refractivity contribution in [3.8, 4) is 0 Å². The van der Waals surface area contributed by atoms with Crippen LogP contribution in [0.25, 0.3) is 0 Å². The fourth-order valence-electron chi connectivity index (χ4n) is 1.97. The van der Waals surface area contributed by atoms with Crippen molar-refractivity contribution in [2.24, 2.45) is 5.41 Å². The first-order valence-electron chi connectivity index (χ1n) is 5.88. The third kappa shape index (κ3) is 3.07. The predicted molar refractivity (Wildman–Crippen MR) is 71.7 cm³/mol. The molecule has 0 radical (unpaired) electrons. The van der Waals surface area contributed by atoms with E-state index in [9.17, 15) is 4.39 Å². The Kier molecular flexibility index (Phi) is 4.97. The zero-order chi connectivity index (χ0) is 12.2. The Bertz CT molecular complexity index is 334. The van der Waals surface area contributed by atoms with Crippen molar-refractivity contribution < 1.29 is 4.39 Å². The van der Waals surface area contributed by atoms with Gasteiger partial charge in [0.1, 0.15) is 5.82 Å². The van der Waals surface area contributed by atoms with Crippen molar-refractivity contribution in [2.45, 2.75) is 40.0 Å². The van der Waals surface area contributed by atoms with Crippen molar-refractivity contribution >= 4 is 15.9 Å². The van der Waals surface area contributed by atoms with Gasteiger partial charge in [0.05, 0.1) is 0 Å². The van der Waals surface area contributed by atoms with Gasteiger partial charge in [-0.25, -0.2) is 4.39 Å². The average Bonchev–Trinajstić information content (AvgIpc) is 2.31. The minimum atomic E-state index is -0.128. The second-order valence-electron chi connectivity index (χ2n) is 4.59. The summed E-state index contributed by atoms with van der Waals surface area (Å²) in [6, 6.07) is 5.08. The lowest BCUT2D eigenvalue weighted by Gasteiger charge is -2.30. The average molecular weight is 287 g/mol. The third-order valence-electron chi connectivity index (χ3n) is 3.66. The zero-order valence-electron chi connectivity index (χ0n) is 10.3. The number of alkyl halides is 1. The van der Waals surface area contributed by atoms with Crippen LogP contribution < -0.4 is 0 Å². The van der Waals surface area contributed by atoms with Crippen LogP contribution in [0.15, 0.2) is 18.2 Å². The van der Waals surface area contributed by atoms with Gasteiger partial charge in [-0.3, -0.25) is 0 Å². The molecule has 0 nitrogen and oxygen atoms in total.